The Kier molecular flexibility index (Phi) is 5.62. The minimum atomic E-state index is -3.70. The van der Waals surface area contributed by atoms with Crippen LogP contribution >= 0.6 is 0 Å². The van der Waals surface area contributed by atoms with Crippen LogP contribution in [0.5, 0.6) is 11.5 Å². The molecule has 0 amide bonds. The van der Waals surface area contributed by atoms with Gasteiger partial charge in [-0.3, -0.25) is 4.98 Å². The van der Waals surface area contributed by atoms with E-state index >= 15 is 0 Å². The number of rotatable bonds is 7. The Balaban J connectivity index is 2.29. The Labute approximate surface area is 158 Å². The molecule has 3 aromatic rings. The average molecular weight is 386 g/mol. The van der Waals surface area contributed by atoms with Gasteiger partial charge in [-0.1, -0.05) is 18.2 Å². The van der Waals surface area contributed by atoms with Gasteiger partial charge in [0.05, 0.1) is 29.5 Å². The second-order valence-electron chi connectivity index (χ2n) is 6.03. The Morgan fingerprint density at radius 2 is 1.70 bits per heavy atom. The third-order valence-electron chi connectivity index (χ3n) is 4.42. The van der Waals surface area contributed by atoms with Gasteiger partial charge in [0.15, 0.2) is 11.5 Å². The first kappa shape index (κ1) is 19.1. The topological polar surface area (TPSA) is 91.5 Å². The molecular formula is C20H22N2O4S. The van der Waals surface area contributed by atoms with Crippen molar-refractivity contribution in [1.29, 1.82) is 0 Å². The van der Waals surface area contributed by atoms with E-state index in [1.54, 1.807) is 56.7 Å². The van der Waals surface area contributed by atoms with E-state index in [1.807, 2.05) is 0 Å². The molecule has 0 radical (unpaired) electrons. The zero-order valence-electron chi connectivity index (χ0n) is 15.3. The number of pyridine rings is 1. The molecule has 0 aliphatic carbocycles. The van der Waals surface area contributed by atoms with Gasteiger partial charge in [-0.25, -0.2) is 8.42 Å². The number of aromatic nitrogens is 1. The number of aryl methyl sites for hydroxylation is 1. The quantitative estimate of drug-likeness (QED) is 0.671. The van der Waals surface area contributed by atoms with Gasteiger partial charge in [0.1, 0.15) is 0 Å². The van der Waals surface area contributed by atoms with Gasteiger partial charge in [-0.05, 0) is 43.1 Å². The molecule has 0 spiro atoms. The number of fused-ring (bicyclic) bond motifs is 1. The second kappa shape index (κ2) is 7.94. The molecule has 0 saturated carbocycles. The fourth-order valence-corrected chi connectivity index (χ4v) is 4.55. The number of nitrogens with two attached hydrogens (primary N) is 1. The van der Waals surface area contributed by atoms with E-state index in [0.717, 1.165) is 5.39 Å². The number of benzene rings is 2. The maximum absolute atomic E-state index is 13.2. The molecule has 0 bridgehead atoms. The number of ether oxygens (including phenoxy) is 2. The highest BCUT2D eigenvalue weighted by molar-refractivity contribution is 7.91. The molecule has 0 unspecified atom stereocenters. The van der Waals surface area contributed by atoms with Crippen LogP contribution in [0.25, 0.3) is 10.9 Å². The maximum atomic E-state index is 13.2. The van der Waals surface area contributed by atoms with Crippen molar-refractivity contribution in [2.24, 2.45) is 5.73 Å². The summed E-state index contributed by atoms with van der Waals surface area (Å²) < 4.78 is 37.1. The standard InChI is InChI=1S/C20H22N2O4S/c1-25-18-11-16-15(9-6-10-21)20(13-22-17(16)12-19(18)26-2)27(23,24)14-7-4-3-5-8-14/h3-5,7-8,11-13H,6,9-10,21H2,1-2H3. The molecular weight excluding hydrogens is 364 g/mol. The van der Waals surface area contributed by atoms with Crippen molar-refractivity contribution in [2.45, 2.75) is 22.6 Å². The monoisotopic (exact) mass is 386 g/mol. The first-order valence-corrected chi connectivity index (χ1v) is 10.0. The molecule has 0 fully saturated rings. The number of methoxy groups -OCH3 is 2. The summed E-state index contributed by atoms with van der Waals surface area (Å²) in [6, 6.07) is 11.9. The Morgan fingerprint density at radius 3 is 2.33 bits per heavy atom. The van der Waals surface area contributed by atoms with Crippen molar-refractivity contribution in [1.82, 2.24) is 4.98 Å². The van der Waals surface area contributed by atoms with Crippen LogP contribution < -0.4 is 15.2 Å². The van der Waals surface area contributed by atoms with E-state index in [9.17, 15) is 8.42 Å². The molecule has 1 aromatic heterocycles. The molecule has 2 N–H and O–H groups in total. The lowest BCUT2D eigenvalue weighted by molar-refractivity contribution is 0.355. The predicted octanol–water partition coefficient (Wildman–Crippen LogP) is 2.98. The molecule has 0 atom stereocenters. The first-order valence-electron chi connectivity index (χ1n) is 8.56. The lowest BCUT2D eigenvalue weighted by atomic mass is 10.0. The average Bonchev–Trinajstić information content (AvgIpc) is 2.71. The SMILES string of the molecule is COc1cc2ncc(S(=O)(=O)c3ccccc3)c(CCCN)c2cc1OC. The highest BCUT2D eigenvalue weighted by Crippen LogP contribution is 2.36. The van der Waals surface area contributed by atoms with Crippen LogP contribution in [0, 0.1) is 0 Å². The van der Waals surface area contributed by atoms with Crippen molar-refractivity contribution in [3.05, 3.63) is 54.2 Å². The fraction of sp³-hybridized carbons (Fsp3) is 0.250. The highest BCUT2D eigenvalue weighted by Gasteiger charge is 2.24. The number of nitrogens with zero attached hydrogens (tertiary/aromatic N) is 1. The molecule has 6 nitrogen and oxygen atoms in total. The second-order valence-corrected chi connectivity index (χ2v) is 7.95. The normalized spacial score (nSPS) is 11.5. The lowest BCUT2D eigenvalue weighted by Gasteiger charge is -2.15. The summed E-state index contributed by atoms with van der Waals surface area (Å²) in [5.41, 5.74) is 7.02. The zero-order valence-corrected chi connectivity index (χ0v) is 16.1. The van der Waals surface area contributed by atoms with Crippen molar-refractivity contribution in [3.8, 4) is 11.5 Å². The van der Waals surface area contributed by atoms with E-state index in [1.165, 1.54) is 6.20 Å². The van der Waals surface area contributed by atoms with Gasteiger partial charge in [-0.15, -0.1) is 0 Å². The highest BCUT2D eigenvalue weighted by atomic mass is 32.2. The van der Waals surface area contributed by atoms with Gasteiger partial charge >= 0.3 is 0 Å². The van der Waals surface area contributed by atoms with Crippen LogP contribution in [0.1, 0.15) is 12.0 Å². The Hall–Kier alpha value is -2.64. The molecule has 0 aliphatic heterocycles. The van der Waals surface area contributed by atoms with Crippen LogP contribution in [-0.4, -0.2) is 34.2 Å². The van der Waals surface area contributed by atoms with E-state index in [4.69, 9.17) is 15.2 Å². The summed E-state index contributed by atoms with van der Waals surface area (Å²) in [6.45, 7) is 0.460. The van der Waals surface area contributed by atoms with E-state index in [0.29, 0.717) is 42.0 Å². The molecule has 3 rings (SSSR count). The van der Waals surface area contributed by atoms with Crippen LogP contribution in [0.3, 0.4) is 0 Å². The number of hydrogen-bond donors (Lipinski definition) is 1. The van der Waals surface area contributed by atoms with E-state index in [-0.39, 0.29) is 9.79 Å². The molecule has 27 heavy (non-hydrogen) atoms. The molecule has 0 aliphatic rings. The van der Waals surface area contributed by atoms with E-state index in [2.05, 4.69) is 4.98 Å². The fourth-order valence-electron chi connectivity index (χ4n) is 3.05. The minimum absolute atomic E-state index is 0.196. The van der Waals surface area contributed by atoms with Crippen LogP contribution in [0.2, 0.25) is 0 Å². The predicted molar refractivity (Wildman–Crippen MR) is 104 cm³/mol. The Morgan fingerprint density at radius 1 is 1.04 bits per heavy atom. The van der Waals surface area contributed by atoms with Crippen LogP contribution in [-0.2, 0) is 16.3 Å². The van der Waals surface area contributed by atoms with Gasteiger partial charge in [0, 0.05) is 17.6 Å². The van der Waals surface area contributed by atoms with Crippen molar-refractivity contribution in [2.75, 3.05) is 20.8 Å². The van der Waals surface area contributed by atoms with Crippen LogP contribution in [0.15, 0.2) is 58.5 Å². The maximum Gasteiger partial charge on any atom is 0.208 e. The summed E-state index contributed by atoms with van der Waals surface area (Å²) >= 11 is 0. The van der Waals surface area contributed by atoms with Crippen molar-refractivity contribution >= 4 is 20.7 Å². The minimum Gasteiger partial charge on any atom is -0.493 e. The molecule has 2 aromatic carbocycles. The third-order valence-corrected chi connectivity index (χ3v) is 6.24. The van der Waals surface area contributed by atoms with Gasteiger partial charge in [-0.2, -0.15) is 0 Å². The van der Waals surface area contributed by atoms with Gasteiger partial charge < -0.3 is 15.2 Å². The third kappa shape index (κ3) is 3.61. The summed E-state index contributed by atoms with van der Waals surface area (Å²) in [4.78, 5) is 4.81. The van der Waals surface area contributed by atoms with Crippen molar-refractivity contribution in [3.63, 3.8) is 0 Å². The smallest absolute Gasteiger partial charge is 0.208 e. The van der Waals surface area contributed by atoms with E-state index < -0.39 is 9.84 Å². The molecule has 7 heteroatoms. The summed E-state index contributed by atoms with van der Waals surface area (Å²) in [6.07, 6.45) is 2.60. The van der Waals surface area contributed by atoms with Crippen molar-refractivity contribution < 1.29 is 17.9 Å². The molecule has 0 saturated heterocycles. The lowest BCUT2D eigenvalue weighted by Crippen LogP contribution is -2.09. The van der Waals surface area contributed by atoms with Gasteiger partial charge in [0.2, 0.25) is 9.84 Å². The number of sulfone groups is 1. The number of hydrogen-bond acceptors (Lipinski definition) is 6. The largest absolute Gasteiger partial charge is 0.493 e. The summed E-state index contributed by atoms with van der Waals surface area (Å²) in [7, 11) is -0.610. The van der Waals surface area contributed by atoms with Crippen LogP contribution in [0.4, 0.5) is 0 Å². The van der Waals surface area contributed by atoms with Gasteiger partial charge in [0.25, 0.3) is 0 Å². The summed E-state index contributed by atoms with van der Waals surface area (Å²) in [5, 5.41) is 0.720. The zero-order chi connectivity index (χ0) is 19.4. The summed E-state index contributed by atoms with van der Waals surface area (Å²) in [5.74, 6) is 1.07. The molecule has 142 valence electrons. The first-order chi connectivity index (χ1) is 13.0. The molecule has 1 heterocycles. The Bertz CT molecular complexity index is 1050.